The predicted octanol–water partition coefficient (Wildman–Crippen LogP) is 2.82. The monoisotopic (exact) mass is 398 g/mol. The van der Waals surface area contributed by atoms with Crippen molar-refractivity contribution in [1.82, 2.24) is 14.5 Å². The van der Waals surface area contributed by atoms with Crippen molar-refractivity contribution < 1.29 is 4.79 Å². The van der Waals surface area contributed by atoms with Gasteiger partial charge in [0.15, 0.2) is 5.13 Å². The third kappa shape index (κ3) is 3.46. The molecule has 4 rings (SSSR count). The topological polar surface area (TPSA) is 96.8 Å². The fourth-order valence-electron chi connectivity index (χ4n) is 2.63. The van der Waals surface area contributed by atoms with Gasteiger partial charge in [-0.3, -0.25) is 19.5 Å². The van der Waals surface area contributed by atoms with E-state index in [2.05, 4.69) is 15.3 Å². The van der Waals surface area contributed by atoms with Crippen LogP contribution in [0, 0.1) is 6.92 Å². The largest absolute Gasteiger partial charge is 0.328 e. The third-order valence-electron chi connectivity index (χ3n) is 3.96. The van der Waals surface area contributed by atoms with Crippen molar-refractivity contribution in [2.45, 2.75) is 13.5 Å². The molecule has 3 aromatic heterocycles. The number of aromatic amines is 1. The standard InChI is InChI=1S/C18H14N4O3S2/c1-10-4-5-13-14(7-10)27-17(20-13)21-15(23)12-8-19-18(25)22(16(12)24)9-11-3-2-6-26-11/h2-8H,9H2,1H3,(H,19,25)(H,20,21,23). The number of aryl methyl sites for hydroxylation is 1. The molecule has 1 amide bonds. The first-order valence-electron chi connectivity index (χ1n) is 8.05. The number of amides is 1. The molecule has 0 spiro atoms. The highest BCUT2D eigenvalue weighted by Crippen LogP contribution is 2.26. The van der Waals surface area contributed by atoms with E-state index in [1.165, 1.54) is 22.7 Å². The summed E-state index contributed by atoms with van der Waals surface area (Å²) in [5.74, 6) is -0.605. The Hall–Kier alpha value is -3.04. The van der Waals surface area contributed by atoms with E-state index in [-0.39, 0.29) is 12.1 Å². The van der Waals surface area contributed by atoms with Crippen molar-refractivity contribution in [2.24, 2.45) is 0 Å². The lowest BCUT2D eigenvalue weighted by Gasteiger charge is -2.05. The number of rotatable bonds is 4. The maximum Gasteiger partial charge on any atom is 0.328 e. The number of hydrogen-bond donors (Lipinski definition) is 2. The number of thiazole rings is 1. The molecular formula is C18H14N4O3S2. The highest BCUT2D eigenvalue weighted by molar-refractivity contribution is 7.22. The van der Waals surface area contributed by atoms with Gasteiger partial charge in [-0.1, -0.05) is 23.5 Å². The summed E-state index contributed by atoms with van der Waals surface area (Å²) in [6.45, 7) is 2.10. The minimum atomic E-state index is -0.637. The van der Waals surface area contributed by atoms with Crippen molar-refractivity contribution >= 4 is 43.9 Å². The van der Waals surface area contributed by atoms with E-state index >= 15 is 0 Å². The van der Waals surface area contributed by atoms with Crippen LogP contribution in [0.4, 0.5) is 5.13 Å². The lowest BCUT2D eigenvalue weighted by molar-refractivity contribution is 0.102. The van der Waals surface area contributed by atoms with Crippen molar-refractivity contribution in [3.8, 4) is 0 Å². The van der Waals surface area contributed by atoms with Crippen LogP contribution in [0.5, 0.6) is 0 Å². The molecule has 9 heteroatoms. The number of H-pyrrole nitrogens is 1. The number of aromatic nitrogens is 3. The Morgan fingerprint density at radius 1 is 1.30 bits per heavy atom. The normalized spacial score (nSPS) is 11.0. The van der Waals surface area contributed by atoms with Crippen LogP contribution in [0.1, 0.15) is 20.8 Å². The van der Waals surface area contributed by atoms with Crippen LogP contribution in [-0.4, -0.2) is 20.4 Å². The molecule has 7 nitrogen and oxygen atoms in total. The van der Waals surface area contributed by atoms with E-state index in [1.807, 2.05) is 42.6 Å². The van der Waals surface area contributed by atoms with Gasteiger partial charge in [-0.25, -0.2) is 9.78 Å². The molecule has 0 radical (unpaired) electrons. The zero-order valence-corrected chi connectivity index (χ0v) is 15.8. The molecule has 2 N–H and O–H groups in total. The first kappa shape index (κ1) is 17.4. The summed E-state index contributed by atoms with van der Waals surface area (Å²) in [6, 6.07) is 9.47. The Labute approximate surface area is 161 Å². The molecule has 27 heavy (non-hydrogen) atoms. The zero-order valence-electron chi connectivity index (χ0n) is 14.2. The van der Waals surface area contributed by atoms with Crippen molar-refractivity contribution in [2.75, 3.05) is 5.32 Å². The number of fused-ring (bicyclic) bond motifs is 1. The van der Waals surface area contributed by atoms with Gasteiger partial charge in [0, 0.05) is 11.1 Å². The van der Waals surface area contributed by atoms with Gasteiger partial charge in [-0.15, -0.1) is 11.3 Å². The van der Waals surface area contributed by atoms with Crippen LogP contribution < -0.4 is 16.6 Å². The molecule has 136 valence electrons. The summed E-state index contributed by atoms with van der Waals surface area (Å²) in [4.78, 5) is 44.9. The van der Waals surface area contributed by atoms with E-state index < -0.39 is 17.2 Å². The second-order valence-corrected chi connectivity index (χ2v) is 7.99. The number of nitrogens with one attached hydrogen (secondary N) is 2. The molecule has 0 aliphatic carbocycles. The summed E-state index contributed by atoms with van der Waals surface area (Å²) in [5.41, 5.74) is 0.544. The molecule has 0 saturated heterocycles. The highest BCUT2D eigenvalue weighted by atomic mass is 32.1. The Balaban J connectivity index is 1.65. The first-order valence-corrected chi connectivity index (χ1v) is 9.74. The molecule has 0 unspecified atom stereocenters. The second-order valence-electron chi connectivity index (χ2n) is 5.92. The zero-order chi connectivity index (χ0) is 19.0. The van der Waals surface area contributed by atoms with E-state index in [1.54, 1.807) is 0 Å². The summed E-state index contributed by atoms with van der Waals surface area (Å²) in [6.07, 6.45) is 1.14. The lowest BCUT2D eigenvalue weighted by atomic mass is 10.2. The summed E-state index contributed by atoms with van der Waals surface area (Å²) in [5, 5.41) is 4.91. The van der Waals surface area contributed by atoms with Crippen molar-refractivity contribution in [1.29, 1.82) is 0 Å². The fraction of sp³-hybridized carbons (Fsp3) is 0.111. The summed E-state index contributed by atoms with van der Waals surface area (Å²) in [7, 11) is 0. The average molecular weight is 398 g/mol. The van der Waals surface area contributed by atoms with Crippen LogP contribution in [0.25, 0.3) is 10.2 Å². The van der Waals surface area contributed by atoms with Crippen LogP contribution in [0.15, 0.2) is 51.5 Å². The third-order valence-corrected chi connectivity index (χ3v) is 5.76. The number of nitrogens with zero attached hydrogens (tertiary/aromatic N) is 2. The van der Waals surface area contributed by atoms with E-state index in [9.17, 15) is 14.4 Å². The minimum Gasteiger partial charge on any atom is -0.313 e. The van der Waals surface area contributed by atoms with Gasteiger partial charge < -0.3 is 4.98 Å². The molecule has 0 bridgehead atoms. The van der Waals surface area contributed by atoms with Gasteiger partial charge in [-0.05, 0) is 36.1 Å². The smallest absolute Gasteiger partial charge is 0.313 e. The van der Waals surface area contributed by atoms with Crippen LogP contribution >= 0.6 is 22.7 Å². The summed E-state index contributed by atoms with van der Waals surface area (Å²) < 4.78 is 1.96. The lowest BCUT2D eigenvalue weighted by Crippen LogP contribution is -2.39. The molecular weight excluding hydrogens is 384 g/mol. The minimum absolute atomic E-state index is 0.118. The van der Waals surface area contributed by atoms with Crippen LogP contribution in [0.2, 0.25) is 0 Å². The van der Waals surface area contributed by atoms with E-state index in [4.69, 9.17) is 0 Å². The van der Waals surface area contributed by atoms with E-state index in [0.29, 0.717) is 5.13 Å². The van der Waals surface area contributed by atoms with Crippen LogP contribution in [-0.2, 0) is 6.54 Å². The maximum atomic E-state index is 12.6. The molecule has 0 atom stereocenters. The molecule has 0 fully saturated rings. The van der Waals surface area contributed by atoms with Gasteiger partial charge in [-0.2, -0.15) is 0 Å². The molecule has 0 saturated carbocycles. The van der Waals surface area contributed by atoms with Gasteiger partial charge in [0.05, 0.1) is 16.8 Å². The Kier molecular flexibility index (Phi) is 4.46. The van der Waals surface area contributed by atoms with Gasteiger partial charge in [0.1, 0.15) is 5.56 Å². The van der Waals surface area contributed by atoms with Crippen molar-refractivity contribution in [3.63, 3.8) is 0 Å². The SMILES string of the molecule is Cc1ccc2nc(NC(=O)c3c[nH]c(=O)n(Cc4cccs4)c3=O)sc2c1. The molecule has 0 aliphatic heterocycles. The number of anilines is 1. The molecule has 4 aromatic rings. The number of carbonyl (C=O) groups excluding carboxylic acids is 1. The molecule has 3 heterocycles. The number of benzene rings is 1. The van der Waals surface area contributed by atoms with Crippen molar-refractivity contribution in [3.05, 3.63) is 78.8 Å². The Morgan fingerprint density at radius 2 is 2.15 bits per heavy atom. The highest BCUT2D eigenvalue weighted by Gasteiger charge is 2.17. The van der Waals surface area contributed by atoms with Gasteiger partial charge in [0.25, 0.3) is 11.5 Å². The number of thiophene rings is 1. The number of carbonyl (C=O) groups is 1. The quantitative estimate of drug-likeness (QED) is 0.552. The maximum absolute atomic E-state index is 12.6. The number of hydrogen-bond acceptors (Lipinski definition) is 6. The van der Waals surface area contributed by atoms with Gasteiger partial charge >= 0.3 is 5.69 Å². The average Bonchev–Trinajstić information content (AvgIpc) is 3.27. The second kappa shape index (κ2) is 6.93. The van der Waals surface area contributed by atoms with Crippen LogP contribution in [0.3, 0.4) is 0 Å². The van der Waals surface area contributed by atoms with Gasteiger partial charge in [0.2, 0.25) is 0 Å². The van der Waals surface area contributed by atoms with E-state index in [0.717, 1.165) is 31.4 Å². The Bertz CT molecular complexity index is 1250. The molecule has 1 aromatic carbocycles. The molecule has 0 aliphatic rings. The fourth-order valence-corrected chi connectivity index (χ4v) is 4.28. The summed E-state index contributed by atoms with van der Waals surface area (Å²) >= 11 is 2.76. The predicted molar refractivity (Wildman–Crippen MR) is 107 cm³/mol. The first-order chi connectivity index (χ1) is 13.0. The Morgan fingerprint density at radius 3 is 2.93 bits per heavy atom.